The quantitative estimate of drug-likeness (QED) is 0.601. The molecule has 2 aromatic rings. The highest BCUT2D eigenvalue weighted by Crippen LogP contribution is 2.34. The van der Waals surface area contributed by atoms with Gasteiger partial charge in [-0.25, -0.2) is 0 Å². The van der Waals surface area contributed by atoms with Crippen LogP contribution in [0.25, 0.3) is 11.1 Å². The highest BCUT2D eigenvalue weighted by molar-refractivity contribution is 6.30. The molecule has 0 spiro atoms. The van der Waals surface area contributed by atoms with Crippen LogP contribution in [0.1, 0.15) is 17.5 Å². The van der Waals surface area contributed by atoms with Crippen molar-refractivity contribution >= 4 is 17.3 Å². The average Bonchev–Trinajstić information content (AvgIpc) is 2.85. The first-order valence-electron chi connectivity index (χ1n) is 6.21. The number of hydrogen-bond donors (Lipinski definition) is 0. The van der Waals surface area contributed by atoms with Crippen molar-refractivity contribution in [1.29, 1.82) is 0 Å². The van der Waals surface area contributed by atoms with Gasteiger partial charge in [-0.05, 0) is 48.1 Å². The van der Waals surface area contributed by atoms with E-state index in [9.17, 15) is 10.1 Å². The van der Waals surface area contributed by atoms with E-state index in [1.807, 2.05) is 6.07 Å². The van der Waals surface area contributed by atoms with Crippen molar-refractivity contribution in [3.63, 3.8) is 0 Å². The first-order valence-corrected chi connectivity index (χ1v) is 6.59. The molecule has 0 amide bonds. The summed E-state index contributed by atoms with van der Waals surface area (Å²) in [7, 11) is 0. The molecule has 19 heavy (non-hydrogen) atoms. The van der Waals surface area contributed by atoms with Crippen LogP contribution in [0.15, 0.2) is 36.4 Å². The van der Waals surface area contributed by atoms with Crippen LogP contribution in [0.5, 0.6) is 0 Å². The molecule has 0 aromatic heterocycles. The number of fused-ring (bicyclic) bond motifs is 1. The minimum Gasteiger partial charge on any atom is -0.258 e. The van der Waals surface area contributed by atoms with Gasteiger partial charge in [0.05, 0.1) is 10.5 Å². The van der Waals surface area contributed by atoms with Gasteiger partial charge in [0, 0.05) is 11.1 Å². The Morgan fingerprint density at radius 3 is 2.63 bits per heavy atom. The van der Waals surface area contributed by atoms with E-state index in [1.54, 1.807) is 12.1 Å². The minimum absolute atomic E-state index is 0.0606. The Morgan fingerprint density at radius 2 is 1.84 bits per heavy atom. The Kier molecular flexibility index (Phi) is 2.99. The van der Waals surface area contributed by atoms with Gasteiger partial charge in [0.25, 0.3) is 5.69 Å². The molecule has 1 aliphatic rings. The van der Waals surface area contributed by atoms with Gasteiger partial charge in [0.2, 0.25) is 0 Å². The monoisotopic (exact) mass is 273 g/mol. The molecule has 3 rings (SSSR count). The van der Waals surface area contributed by atoms with Crippen molar-refractivity contribution in [2.45, 2.75) is 19.3 Å². The van der Waals surface area contributed by atoms with Crippen molar-refractivity contribution in [2.24, 2.45) is 0 Å². The van der Waals surface area contributed by atoms with Crippen LogP contribution in [0, 0.1) is 10.1 Å². The van der Waals surface area contributed by atoms with Gasteiger partial charge >= 0.3 is 0 Å². The molecule has 0 fully saturated rings. The fourth-order valence-electron chi connectivity index (χ4n) is 2.64. The zero-order valence-electron chi connectivity index (χ0n) is 10.2. The minimum atomic E-state index is -0.381. The lowest BCUT2D eigenvalue weighted by Gasteiger charge is -2.06. The molecule has 0 N–H and O–H groups in total. The number of hydrogen-bond acceptors (Lipinski definition) is 2. The Bertz CT molecular complexity index is 667. The van der Waals surface area contributed by atoms with Crippen molar-refractivity contribution in [1.82, 2.24) is 0 Å². The van der Waals surface area contributed by atoms with Gasteiger partial charge < -0.3 is 0 Å². The second kappa shape index (κ2) is 4.67. The third kappa shape index (κ3) is 2.22. The summed E-state index contributed by atoms with van der Waals surface area (Å²) in [6, 6.07) is 10.9. The number of benzene rings is 2. The van der Waals surface area contributed by atoms with Gasteiger partial charge in [0.15, 0.2) is 0 Å². The standard InChI is InChI=1S/C15H12ClNO2/c16-13-6-7-14(15(9-13)17(18)19)12-5-4-10-2-1-3-11(10)8-12/h4-9H,1-3H2. The maximum atomic E-state index is 11.1. The average molecular weight is 274 g/mol. The van der Waals surface area contributed by atoms with Crippen LogP contribution in [0.3, 0.4) is 0 Å². The molecule has 0 heterocycles. The fourth-order valence-corrected chi connectivity index (χ4v) is 2.81. The Hall–Kier alpha value is -1.87. The normalized spacial score (nSPS) is 13.3. The van der Waals surface area contributed by atoms with Crippen LogP contribution in [0.2, 0.25) is 5.02 Å². The lowest BCUT2D eigenvalue weighted by Crippen LogP contribution is -1.93. The van der Waals surface area contributed by atoms with Crippen LogP contribution in [-0.2, 0) is 12.8 Å². The molecule has 0 saturated carbocycles. The number of halogens is 1. The van der Waals surface area contributed by atoms with E-state index in [1.165, 1.54) is 23.6 Å². The zero-order chi connectivity index (χ0) is 13.4. The molecule has 0 bridgehead atoms. The number of aryl methyl sites for hydroxylation is 2. The van der Waals surface area contributed by atoms with E-state index in [4.69, 9.17) is 11.6 Å². The number of nitrogens with zero attached hydrogens (tertiary/aromatic N) is 1. The molecule has 96 valence electrons. The summed E-state index contributed by atoms with van der Waals surface area (Å²) in [5.74, 6) is 0. The maximum absolute atomic E-state index is 11.1. The molecule has 3 nitrogen and oxygen atoms in total. The third-order valence-electron chi connectivity index (χ3n) is 3.57. The SMILES string of the molecule is O=[N+]([O-])c1cc(Cl)ccc1-c1ccc2c(c1)CCC2. The first kappa shape index (κ1) is 12.2. The molecule has 2 aromatic carbocycles. The van der Waals surface area contributed by atoms with Crippen LogP contribution in [0.4, 0.5) is 5.69 Å². The fraction of sp³-hybridized carbons (Fsp3) is 0.200. The van der Waals surface area contributed by atoms with Crippen LogP contribution >= 0.6 is 11.6 Å². The number of rotatable bonds is 2. The Balaban J connectivity index is 2.14. The summed E-state index contributed by atoms with van der Waals surface area (Å²) in [5, 5.41) is 11.5. The molecule has 0 atom stereocenters. The lowest BCUT2D eigenvalue weighted by molar-refractivity contribution is -0.384. The van der Waals surface area contributed by atoms with E-state index in [0.717, 1.165) is 18.4 Å². The van der Waals surface area contributed by atoms with E-state index in [-0.39, 0.29) is 10.6 Å². The molecule has 0 radical (unpaired) electrons. The predicted octanol–water partition coefficient (Wildman–Crippen LogP) is 4.40. The van der Waals surface area contributed by atoms with Crippen molar-refractivity contribution in [3.05, 3.63) is 62.7 Å². The maximum Gasteiger partial charge on any atom is 0.278 e. The molecule has 0 unspecified atom stereocenters. The molecule has 1 aliphatic carbocycles. The summed E-state index contributed by atoms with van der Waals surface area (Å²) in [6.07, 6.45) is 3.34. The number of nitro groups is 1. The van der Waals surface area contributed by atoms with Crippen molar-refractivity contribution < 1.29 is 4.92 Å². The van der Waals surface area contributed by atoms with Crippen molar-refractivity contribution in [2.75, 3.05) is 0 Å². The predicted molar refractivity (Wildman–Crippen MR) is 75.6 cm³/mol. The lowest BCUT2D eigenvalue weighted by atomic mass is 9.99. The van der Waals surface area contributed by atoms with E-state index < -0.39 is 0 Å². The van der Waals surface area contributed by atoms with Crippen LogP contribution in [-0.4, -0.2) is 4.92 Å². The summed E-state index contributed by atoms with van der Waals surface area (Å²) < 4.78 is 0. The van der Waals surface area contributed by atoms with Gasteiger partial charge in [-0.15, -0.1) is 0 Å². The molecular formula is C15H12ClNO2. The first-order chi connectivity index (χ1) is 9.15. The molecule has 4 heteroatoms. The summed E-state index contributed by atoms with van der Waals surface area (Å²) in [4.78, 5) is 10.7. The summed E-state index contributed by atoms with van der Waals surface area (Å²) in [5.41, 5.74) is 4.25. The van der Waals surface area contributed by atoms with E-state index in [2.05, 4.69) is 12.1 Å². The van der Waals surface area contributed by atoms with Gasteiger partial charge in [-0.2, -0.15) is 0 Å². The molecule has 0 aliphatic heterocycles. The van der Waals surface area contributed by atoms with Crippen molar-refractivity contribution in [3.8, 4) is 11.1 Å². The van der Waals surface area contributed by atoms with Crippen LogP contribution < -0.4 is 0 Å². The highest BCUT2D eigenvalue weighted by atomic mass is 35.5. The summed E-state index contributed by atoms with van der Waals surface area (Å²) in [6.45, 7) is 0. The Morgan fingerprint density at radius 1 is 1.05 bits per heavy atom. The van der Waals surface area contributed by atoms with Gasteiger partial charge in [0.1, 0.15) is 0 Å². The number of nitro benzene ring substituents is 1. The highest BCUT2D eigenvalue weighted by Gasteiger charge is 2.18. The van der Waals surface area contributed by atoms with E-state index >= 15 is 0 Å². The zero-order valence-corrected chi connectivity index (χ0v) is 11.0. The van der Waals surface area contributed by atoms with E-state index in [0.29, 0.717) is 10.6 Å². The summed E-state index contributed by atoms with van der Waals surface area (Å²) >= 11 is 5.84. The molecule has 0 saturated heterocycles. The largest absolute Gasteiger partial charge is 0.278 e. The topological polar surface area (TPSA) is 43.1 Å². The van der Waals surface area contributed by atoms with Gasteiger partial charge in [-0.3, -0.25) is 10.1 Å². The Labute approximate surface area is 116 Å². The third-order valence-corrected chi connectivity index (χ3v) is 3.80. The molecular weight excluding hydrogens is 262 g/mol. The second-order valence-corrected chi connectivity index (χ2v) is 5.19. The van der Waals surface area contributed by atoms with Gasteiger partial charge in [-0.1, -0.05) is 29.8 Å². The smallest absolute Gasteiger partial charge is 0.258 e. The second-order valence-electron chi connectivity index (χ2n) is 4.76.